The van der Waals surface area contributed by atoms with Crippen LogP contribution in [0.1, 0.15) is 20.7 Å². The van der Waals surface area contributed by atoms with E-state index in [0.29, 0.717) is 33.9 Å². The Morgan fingerprint density at radius 1 is 0.500 bits per heavy atom. The summed E-state index contributed by atoms with van der Waals surface area (Å²) in [6.07, 6.45) is 0. The van der Waals surface area contributed by atoms with Gasteiger partial charge in [-0.15, -0.1) is 10.2 Å². The number of benzene rings is 4. The molecule has 0 bridgehead atoms. The Hall–Kier alpha value is -4.98. The second kappa shape index (κ2) is 10.1. The van der Waals surface area contributed by atoms with Gasteiger partial charge in [0.2, 0.25) is 0 Å². The van der Waals surface area contributed by atoms with Crippen molar-refractivity contribution in [2.24, 2.45) is 20.5 Å². The lowest BCUT2D eigenvalue weighted by molar-refractivity contribution is 0.0686. The maximum absolute atomic E-state index is 11.6. The SMILES string of the molecule is O=C(O)c1ccc(-c2ccc(C(=O)O)cc2N=Nc2ccccc2)c(N=Nc2ccccc2)c1. The molecule has 0 aliphatic rings. The Labute approximate surface area is 194 Å². The molecule has 2 N–H and O–H groups in total. The molecule has 0 saturated carbocycles. The maximum atomic E-state index is 11.6. The molecule has 8 heteroatoms. The molecule has 0 unspecified atom stereocenters. The average Bonchev–Trinajstić information content (AvgIpc) is 2.87. The van der Waals surface area contributed by atoms with Crippen LogP contribution in [-0.2, 0) is 0 Å². The Bertz CT molecular complexity index is 1290. The monoisotopic (exact) mass is 450 g/mol. The fourth-order valence-electron chi connectivity index (χ4n) is 3.16. The summed E-state index contributed by atoms with van der Waals surface area (Å²) in [5, 5.41) is 35.9. The molecule has 0 aliphatic heterocycles. The Kier molecular flexibility index (Phi) is 6.60. The topological polar surface area (TPSA) is 124 Å². The highest BCUT2D eigenvalue weighted by molar-refractivity contribution is 5.95. The smallest absolute Gasteiger partial charge is 0.335 e. The molecule has 4 rings (SSSR count). The minimum absolute atomic E-state index is 0.0420. The van der Waals surface area contributed by atoms with Gasteiger partial charge in [0.15, 0.2) is 0 Å². The first-order chi connectivity index (χ1) is 16.5. The average molecular weight is 450 g/mol. The Morgan fingerprint density at radius 3 is 1.24 bits per heavy atom. The van der Waals surface area contributed by atoms with Crippen LogP contribution in [0, 0.1) is 0 Å². The summed E-state index contributed by atoms with van der Waals surface area (Å²) in [4.78, 5) is 23.1. The first-order valence-electron chi connectivity index (χ1n) is 10.2. The lowest BCUT2D eigenvalue weighted by atomic mass is 9.98. The van der Waals surface area contributed by atoms with Crippen LogP contribution in [0.2, 0.25) is 0 Å². The minimum atomic E-state index is -1.10. The highest BCUT2D eigenvalue weighted by atomic mass is 16.4. The normalized spacial score (nSPS) is 11.2. The summed E-state index contributed by atoms with van der Waals surface area (Å²) >= 11 is 0. The summed E-state index contributed by atoms with van der Waals surface area (Å²) < 4.78 is 0. The standard InChI is InChI=1S/C26H18N4O4/c31-25(32)17-11-13-21(23(15-17)29-27-19-7-3-1-4-8-19)22-14-12-18(26(33)34)16-24(22)30-28-20-9-5-2-6-10-20/h1-16H,(H,31,32)(H,33,34). The van der Waals surface area contributed by atoms with Gasteiger partial charge in [-0.1, -0.05) is 48.5 Å². The third-order valence-electron chi connectivity index (χ3n) is 4.84. The van der Waals surface area contributed by atoms with E-state index in [1.54, 1.807) is 36.4 Å². The van der Waals surface area contributed by atoms with Crippen LogP contribution in [0.4, 0.5) is 22.7 Å². The predicted molar refractivity (Wildman–Crippen MR) is 127 cm³/mol. The van der Waals surface area contributed by atoms with Crippen molar-refractivity contribution in [3.63, 3.8) is 0 Å². The highest BCUT2D eigenvalue weighted by Gasteiger charge is 2.15. The van der Waals surface area contributed by atoms with E-state index >= 15 is 0 Å². The van der Waals surface area contributed by atoms with Gasteiger partial charge in [0.25, 0.3) is 0 Å². The quantitative estimate of drug-likeness (QED) is 0.281. The van der Waals surface area contributed by atoms with Crippen molar-refractivity contribution in [1.29, 1.82) is 0 Å². The van der Waals surface area contributed by atoms with Crippen molar-refractivity contribution in [3.05, 3.63) is 108 Å². The zero-order valence-corrected chi connectivity index (χ0v) is 17.7. The second-order valence-electron chi connectivity index (χ2n) is 7.15. The molecule has 34 heavy (non-hydrogen) atoms. The number of rotatable bonds is 7. The first-order valence-corrected chi connectivity index (χ1v) is 10.2. The molecule has 4 aromatic rings. The highest BCUT2D eigenvalue weighted by Crippen LogP contribution is 2.39. The molecule has 0 aliphatic carbocycles. The molecule has 0 atom stereocenters. The van der Waals surface area contributed by atoms with Gasteiger partial charge in [-0.05, 0) is 48.5 Å². The number of hydrogen-bond donors (Lipinski definition) is 2. The predicted octanol–water partition coefficient (Wildman–Crippen LogP) is 7.58. The molecule has 0 fully saturated rings. The van der Waals surface area contributed by atoms with Crippen molar-refractivity contribution >= 4 is 34.7 Å². The van der Waals surface area contributed by atoms with E-state index < -0.39 is 11.9 Å². The van der Waals surface area contributed by atoms with Gasteiger partial charge in [-0.2, -0.15) is 10.2 Å². The molecule has 4 aromatic carbocycles. The largest absolute Gasteiger partial charge is 0.478 e. The second-order valence-corrected chi connectivity index (χ2v) is 7.15. The summed E-state index contributed by atoms with van der Waals surface area (Å²) in [6.45, 7) is 0. The fourth-order valence-corrected chi connectivity index (χ4v) is 3.16. The van der Waals surface area contributed by atoms with Crippen LogP contribution in [-0.4, -0.2) is 22.2 Å². The fraction of sp³-hybridized carbons (Fsp3) is 0. The van der Waals surface area contributed by atoms with Crippen molar-refractivity contribution in [1.82, 2.24) is 0 Å². The van der Waals surface area contributed by atoms with Crippen LogP contribution in [0.5, 0.6) is 0 Å². The lowest BCUT2D eigenvalue weighted by Crippen LogP contribution is -1.97. The third-order valence-corrected chi connectivity index (χ3v) is 4.84. The molecule has 0 aromatic heterocycles. The van der Waals surface area contributed by atoms with Gasteiger partial charge in [0, 0.05) is 11.1 Å². The van der Waals surface area contributed by atoms with Gasteiger partial charge in [-0.3, -0.25) is 0 Å². The molecule has 0 saturated heterocycles. The molecular weight excluding hydrogens is 432 g/mol. The summed E-state index contributed by atoms with van der Waals surface area (Å²) in [5.74, 6) is -2.21. The van der Waals surface area contributed by atoms with E-state index in [-0.39, 0.29) is 11.1 Å². The molecule has 0 radical (unpaired) electrons. The van der Waals surface area contributed by atoms with Crippen LogP contribution >= 0.6 is 0 Å². The van der Waals surface area contributed by atoms with E-state index in [9.17, 15) is 19.8 Å². The van der Waals surface area contributed by atoms with E-state index in [0.717, 1.165) is 0 Å². The summed E-state index contributed by atoms with van der Waals surface area (Å²) in [7, 11) is 0. The summed E-state index contributed by atoms with van der Waals surface area (Å²) in [5.41, 5.74) is 2.93. The number of nitrogens with zero attached hydrogens (tertiary/aromatic N) is 4. The van der Waals surface area contributed by atoms with E-state index in [1.807, 2.05) is 36.4 Å². The van der Waals surface area contributed by atoms with Gasteiger partial charge in [-0.25, -0.2) is 9.59 Å². The van der Waals surface area contributed by atoms with Crippen molar-refractivity contribution in [2.75, 3.05) is 0 Å². The van der Waals surface area contributed by atoms with Crippen LogP contribution in [0.3, 0.4) is 0 Å². The van der Waals surface area contributed by atoms with Crippen molar-refractivity contribution in [3.8, 4) is 11.1 Å². The van der Waals surface area contributed by atoms with Gasteiger partial charge in [0.1, 0.15) is 0 Å². The number of hydrogen-bond acceptors (Lipinski definition) is 6. The van der Waals surface area contributed by atoms with Crippen molar-refractivity contribution in [2.45, 2.75) is 0 Å². The molecule has 0 heterocycles. The zero-order chi connectivity index (χ0) is 23.9. The molecule has 0 spiro atoms. The zero-order valence-electron chi connectivity index (χ0n) is 17.7. The Morgan fingerprint density at radius 2 is 0.882 bits per heavy atom. The van der Waals surface area contributed by atoms with E-state index in [1.165, 1.54) is 24.3 Å². The molecule has 8 nitrogen and oxygen atoms in total. The van der Waals surface area contributed by atoms with Gasteiger partial charge < -0.3 is 10.2 Å². The van der Waals surface area contributed by atoms with Crippen molar-refractivity contribution < 1.29 is 19.8 Å². The van der Waals surface area contributed by atoms with Crippen LogP contribution in [0.15, 0.2) is 118 Å². The van der Waals surface area contributed by atoms with Gasteiger partial charge >= 0.3 is 11.9 Å². The number of aromatic carboxylic acids is 2. The van der Waals surface area contributed by atoms with Gasteiger partial charge in [0.05, 0.1) is 33.9 Å². The minimum Gasteiger partial charge on any atom is -0.478 e. The number of carboxylic acids is 2. The lowest BCUT2D eigenvalue weighted by Gasteiger charge is -2.10. The van der Waals surface area contributed by atoms with Crippen LogP contribution in [0.25, 0.3) is 11.1 Å². The first kappa shape index (κ1) is 22.2. The maximum Gasteiger partial charge on any atom is 0.335 e. The molecule has 0 amide bonds. The van der Waals surface area contributed by atoms with E-state index in [4.69, 9.17) is 0 Å². The third kappa shape index (κ3) is 5.25. The number of azo groups is 2. The van der Waals surface area contributed by atoms with E-state index in [2.05, 4.69) is 20.5 Å². The molecule has 166 valence electrons. The summed E-state index contributed by atoms with van der Waals surface area (Å²) in [6, 6.07) is 26.9. The Balaban J connectivity index is 1.85. The number of carboxylic acid groups (broad SMARTS) is 2. The number of carbonyl (C=O) groups is 2. The van der Waals surface area contributed by atoms with Crippen LogP contribution < -0.4 is 0 Å². The molecular formula is C26H18N4O4.